The van der Waals surface area contributed by atoms with E-state index in [9.17, 15) is 4.79 Å². The summed E-state index contributed by atoms with van der Waals surface area (Å²) in [5.41, 5.74) is -0.420. The first kappa shape index (κ1) is 8.69. The summed E-state index contributed by atoms with van der Waals surface area (Å²) in [4.78, 5) is 18.3. The van der Waals surface area contributed by atoms with Crippen LogP contribution in [-0.4, -0.2) is 42.3 Å². The lowest BCUT2D eigenvalue weighted by molar-refractivity contribution is -0.125. The van der Waals surface area contributed by atoms with Gasteiger partial charge in [-0.05, 0) is 26.8 Å². The number of nitrogens with one attached hydrogen (secondary N) is 1. The number of piperidine rings is 1. The lowest BCUT2D eigenvalue weighted by Gasteiger charge is -2.33. The molecule has 4 heteroatoms. The molecule has 0 bridgehead atoms. The number of carbonyl (C=O) groups is 1. The van der Waals surface area contributed by atoms with E-state index in [4.69, 9.17) is 0 Å². The molecule has 0 radical (unpaired) electrons. The van der Waals surface area contributed by atoms with E-state index in [1.54, 1.807) is 0 Å². The first-order chi connectivity index (χ1) is 6.12. The molecule has 0 saturated carbocycles. The fourth-order valence-electron chi connectivity index (χ4n) is 2.01. The highest BCUT2D eigenvalue weighted by Crippen LogP contribution is 2.28. The Morgan fingerprint density at radius 3 is 2.54 bits per heavy atom. The van der Waals surface area contributed by atoms with Gasteiger partial charge in [0.15, 0.2) is 0 Å². The molecule has 1 N–H and O–H groups in total. The third-order valence-electron chi connectivity index (χ3n) is 2.91. The van der Waals surface area contributed by atoms with Crippen molar-refractivity contribution in [1.82, 2.24) is 10.2 Å². The number of amidine groups is 1. The largest absolute Gasteiger partial charge is 0.313 e. The van der Waals surface area contributed by atoms with E-state index in [0.29, 0.717) is 0 Å². The van der Waals surface area contributed by atoms with Gasteiger partial charge in [-0.2, -0.15) is 0 Å². The van der Waals surface area contributed by atoms with Gasteiger partial charge in [0.05, 0.1) is 0 Å². The lowest BCUT2D eigenvalue weighted by atomic mass is 9.88. The summed E-state index contributed by atoms with van der Waals surface area (Å²) < 4.78 is 0. The molecule has 1 spiro atoms. The molecule has 0 atom stereocenters. The van der Waals surface area contributed by atoms with Crippen LogP contribution < -0.4 is 5.32 Å². The van der Waals surface area contributed by atoms with E-state index in [-0.39, 0.29) is 5.91 Å². The average Bonchev–Trinajstić information content (AvgIpc) is 2.34. The normalized spacial score (nSPS) is 27.5. The molecule has 0 unspecified atom stereocenters. The quantitative estimate of drug-likeness (QED) is 0.571. The van der Waals surface area contributed by atoms with Gasteiger partial charge in [0.1, 0.15) is 11.4 Å². The van der Waals surface area contributed by atoms with Gasteiger partial charge >= 0.3 is 0 Å². The SMILES string of the molecule is CC1=NC2(CCN(C)CC2)C(=O)N1. The standard InChI is InChI=1S/C9H15N3O/c1-7-10-8(13)9(11-7)3-5-12(2)6-4-9/h3-6H2,1-2H3,(H,10,11,13). The molecule has 0 aromatic carbocycles. The molecule has 2 aliphatic rings. The monoisotopic (exact) mass is 181 g/mol. The number of likely N-dealkylation sites (tertiary alicyclic amines) is 1. The van der Waals surface area contributed by atoms with Gasteiger partial charge < -0.3 is 10.2 Å². The Kier molecular flexibility index (Phi) is 1.87. The van der Waals surface area contributed by atoms with Crippen LogP contribution in [0.1, 0.15) is 19.8 Å². The molecule has 1 fully saturated rings. The Balaban J connectivity index is 2.17. The number of amides is 1. The lowest BCUT2D eigenvalue weighted by Crippen LogP contribution is -2.47. The second-order valence-electron chi connectivity index (χ2n) is 3.99. The van der Waals surface area contributed by atoms with Crippen molar-refractivity contribution >= 4 is 11.7 Å². The summed E-state index contributed by atoms with van der Waals surface area (Å²) in [6, 6.07) is 0. The smallest absolute Gasteiger partial charge is 0.253 e. The van der Waals surface area contributed by atoms with Crippen LogP contribution in [0, 0.1) is 0 Å². The van der Waals surface area contributed by atoms with Crippen molar-refractivity contribution < 1.29 is 4.79 Å². The minimum atomic E-state index is -0.420. The van der Waals surface area contributed by atoms with E-state index >= 15 is 0 Å². The van der Waals surface area contributed by atoms with Crippen LogP contribution in [0.15, 0.2) is 4.99 Å². The maximum Gasteiger partial charge on any atom is 0.253 e. The summed E-state index contributed by atoms with van der Waals surface area (Å²) in [5, 5.41) is 2.78. The maximum atomic E-state index is 11.6. The predicted octanol–water partition coefficient (Wildman–Crippen LogP) is -0.00100. The number of nitrogens with zero attached hydrogens (tertiary/aromatic N) is 2. The summed E-state index contributed by atoms with van der Waals surface area (Å²) in [7, 11) is 2.08. The molecule has 0 aromatic heterocycles. The number of rotatable bonds is 0. The highest BCUT2D eigenvalue weighted by molar-refractivity contribution is 6.07. The van der Waals surface area contributed by atoms with Gasteiger partial charge in [-0.25, -0.2) is 0 Å². The highest BCUT2D eigenvalue weighted by atomic mass is 16.2. The van der Waals surface area contributed by atoms with E-state index in [1.807, 2.05) is 6.92 Å². The summed E-state index contributed by atoms with van der Waals surface area (Å²) >= 11 is 0. The van der Waals surface area contributed by atoms with Crippen LogP contribution in [-0.2, 0) is 4.79 Å². The maximum absolute atomic E-state index is 11.6. The molecular formula is C9H15N3O. The molecule has 0 aromatic rings. The Hall–Kier alpha value is -0.900. The van der Waals surface area contributed by atoms with Gasteiger partial charge in [0.25, 0.3) is 5.91 Å². The fourth-order valence-corrected chi connectivity index (χ4v) is 2.01. The fraction of sp³-hybridized carbons (Fsp3) is 0.778. The molecular weight excluding hydrogens is 166 g/mol. The molecule has 1 amide bonds. The van der Waals surface area contributed by atoms with Crippen molar-refractivity contribution in [2.24, 2.45) is 4.99 Å². The van der Waals surface area contributed by atoms with E-state index < -0.39 is 5.54 Å². The molecule has 1 saturated heterocycles. The first-order valence-electron chi connectivity index (χ1n) is 4.69. The summed E-state index contributed by atoms with van der Waals surface area (Å²) in [6.45, 7) is 3.78. The Bertz CT molecular complexity index is 264. The topological polar surface area (TPSA) is 44.7 Å². The molecule has 2 aliphatic heterocycles. The predicted molar refractivity (Wildman–Crippen MR) is 50.7 cm³/mol. The van der Waals surface area contributed by atoms with Crippen molar-refractivity contribution in [2.75, 3.05) is 20.1 Å². The van der Waals surface area contributed by atoms with Gasteiger partial charge in [-0.1, -0.05) is 0 Å². The molecule has 4 nitrogen and oxygen atoms in total. The van der Waals surface area contributed by atoms with Gasteiger partial charge in [0.2, 0.25) is 0 Å². The third kappa shape index (κ3) is 1.35. The van der Waals surface area contributed by atoms with Crippen molar-refractivity contribution in [3.8, 4) is 0 Å². The van der Waals surface area contributed by atoms with Crippen LogP contribution in [0.25, 0.3) is 0 Å². The number of hydrogen-bond acceptors (Lipinski definition) is 3. The molecule has 0 aliphatic carbocycles. The van der Waals surface area contributed by atoms with Crippen LogP contribution >= 0.6 is 0 Å². The zero-order valence-electron chi connectivity index (χ0n) is 8.13. The highest BCUT2D eigenvalue weighted by Gasteiger charge is 2.44. The molecule has 2 rings (SSSR count). The van der Waals surface area contributed by atoms with E-state index in [2.05, 4.69) is 22.3 Å². The average molecular weight is 181 g/mol. The molecule has 2 heterocycles. The van der Waals surface area contributed by atoms with E-state index in [0.717, 1.165) is 31.8 Å². The first-order valence-corrected chi connectivity index (χ1v) is 4.69. The third-order valence-corrected chi connectivity index (χ3v) is 2.91. The van der Waals surface area contributed by atoms with Crippen LogP contribution in [0.2, 0.25) is 0 Å². The van der Waals surface area contributed by atoms with Crippen molar-refractivity contribution in [3.63, 3.8) is 0 Å². The second-order valence-corrected chi connectivity index (χ2v) is 3.99. The van der Waals surface area contributed by atoms with Crippen LogP contribution in [0.3, 0.4) is 0 Å². The second kappa shape index (κ2) is 2.80. The number of aliphatic imine (C=N–C) groups is 1. The van der Waals surface area contributed by atoms with Gasteiger partial charge in [-0.15, -0.1) is 0 Å². The van der Waals surface area contributed by atoms with Crippen molar-refractivity contribution in [3.05, 3.63) is 0 Å². The zero-order valence-corrected chi connectivity index (χ0v) is 8.13. The Morgan fingerprint density at radius 1 is 1.46 bits per heavy atom. The van der Waals surface area contributed by atoms with Crippen molar-refractivity contribution in [1.29, 1.82) is 0 Å². The van der Waals surface area contributed by atoms with Crippen molar-refractivity contribution in [2.45, 2.75) is 25.3 Å². The summed E-state index contributed by atoms with van der Waals surface area (Å²) in [5.74, 6) is 0.868. The van der Waals surface area contributed by atoms with Gasteiger partial charge in [-0.3, -0.25) is 9.79 Å². The number of hydrogen-bond donors (Lipinski definition) is 1. The van der Waals surface area contributed by atoms with Crippen LogP contribution in [0.5, 0.6) is 0 Å². The summed E-state index contributed by atoms with van der Waals surface area (Å²) in [6.07, 6.45) is 1.71. The van der Waals surface area contributed by atoms with E-state index in [1.165, 1.54) is 0 Å². The minimum absolute atomic E-state index is 0.0955. The van der Waals surface area contributed by atoms with Crippen LogP contribution in [0.4, 0.5) is 0 Å². The Morgan fingerprint density at radius 2 is 2.08 bits per heavy atom. The zero-order chi connectivity index (χ0) is 9.47. The molecule has 72 valence electrons. The molecule has 13 heavy (non-hydrogen) atoms. The van der Waals surface area contributed by atoms with Gasteiger partial charge in [0, 0.05) is 13.1 Å². The number of carbonyl (C=O) groups excluding carboxylic acids is 1. The minimum Gasteiger partial charge on any atom is -0.313 e. The Labute approximate surface area is 78.0 Å².